The standard InChI is InChI=1S/C12H14Cl2O4S/c1-2-3-4-7-18-12(15)9-5-6-10(13)11(8-9)19(14,16)17/h5-6,8H,2-4,7H2,1H3. The summed E-state index contributed by atoms with van der Waals surface area (Å²) in [5, 5.41) is -0.0301. The summed E-state index contributed by atoms with van der Waals surface area (Å²) in [5.74, 6) is -0.589. The van der Waals surface area contributed by atoms with Crippen LogP contribution in [0.15, 0.2) is 23.1 Å². The molecule has 7 heteroatoms. The van der Waals surface area contributed by atoms with Gasteiger partial charge in [-0.1, -0.05) is 31.4 Å². The zero-order chi connectivity index (χ0) is 14.5. The SMILES string of the molecule is CCCCCOC(=O)c1ccc(Cl)c(S(=O)(=O)Cl)c1. The number of hydrogen-bond acceptors (Lipinski definition) is 4. The summed E-state index contributed by atoms with van der Waals surface area (Å²) in [7, 11) is 1.24. The molecule has 0 bridgehead atoms. The molecule has 0 aliphatic carbocycles. The lowest BCUT2D eigenvalue weighted by molar-refractivity contribution is 0.0498. The molecular weight excluding hydrogens is 311 g/mol. The van der Waals surface area contributed by atoms with E-state index in [1.807, 2.05) is 6.92 Å². The van der Waals surface area contributed by atoms with Crippen LogP contribution >= 0.6 is 22.3 Å². The Bertz CT molecular complexity index is 555. The topological polar surface area (TPSA) is 60.4 Å². The highest BCUT2D eigenvalue weighted by Gasteiger charge is 2.18. The molecular formula is C12H14Cl2O4S. The lowest BCUT2D eigenvalue weighted by atomic mass is 10.2. The highest BCUT2D eigenvalue weighted by molar-refractivity contribution is 8.13. The Morgan fingerprint density at radius 2 is 2.00 bits per heavy atom. The van der Waals surface area contributed by atoms with E-state index >= 15 is 0 Å². The van der Waals surface area contributed by atoms with Crippen LogP contribution in [-0.4, -0.2) is 21.0 Å². The zero-order valence-electron chi connectivity index (χ0n) is 10.4. The fourth-order valence-corrected chi connectivity index (χ4v) is 2.91. The van der Waals surface area contributed by atoms with E-state index in [0.717, 1.165) is 25.3 Å². The second-order valence-corrected chi connectivity index (χ2v) is 6.87. The minimum atomic E-state index is -3.99. The highest BCUT2D eigenvalue weighted by atomic mass is 35.7. The Morgan fingerprint density at radius 1 is 1.32 bits per heavy atom. The highest BCUT2D eigenvalue weighted by Crippen LogP contribution is 2.26. The van der Waals surface area contributed by atoms with Gasteiger partial charge in [-0.15, -0.1) is 0 Å². The number of ether oxygens (including phenoxy) is 1. The molecule has 0 heterocycles. The van der Waals surface area contributed by atoms with Gasteiger partial charge in [-0.05, 0) is 24.6 Å². The maximum Gasteiger partial charge on any atom is 0.338 e. The largest absolute Gasteiger partial charge is 0.462 e. The average molecular weight is 325 g/mol. The van der Waals surface area contributed by atoms with Gasteiger partial charge in [0, 0.05) is 10.7 Å². The first-order valence-electron chi connectivity index (χ1n) is 5.77. The number of benzene rings is 1. The fourth-order valence-electron chi connectivity index (χ4n) is 1.42. The smallest absolute Gasteiger partial charge is 0.338 e. The summed E-state index contributed by atoms with van der Waals surface area (Å²) in [6.07, 6.45) is 2.76. The summed E-state index contributed by atoms with van der Waals surface area (Å²) in [5.41, 5.74) is 0.111. The minimum absolute atomic E-state index is 0.0301. The van der Waals surface area contributed by atoms with Crippen molar-refractivity contribution in [3.8, 4) is 0 Å². The Hall–Kier alpha value is -0.780. The Labute approximate surface area is 122 Å². The molecule has 0 aliphatic rings. The number of carbonyl (C=O) groups excluding carboxylic acids is 1. The van der Waals surface area contributed by atoms with Crippen molar-refractivity contribution >= 4 is 37.3 Å². The molecule has 0 fully saturated rings. The van der Waals surface area contributed by atoms with Gasteiger partial charge >= 0.3 is 5.97 Å². The van der Waals surface area contributed by atoms with Crippen molar-refractivity contribution in [3.05, 3.63) is 28.8 Å². The molecule has 0 saturated heterocycles. The maximum absolute atomic E-state index is 11.7. The summed E-state index contributed by atoms with van der Waals surface area (Å²) < 4.78 is 27.5. The van der Waals surface area contributed by atoms with E-state index < -0.39 is 15.0 Å². The van der Waals surface area contributed by atoms with Crippen LogP contribution in [0, 0.1) is 0 Å². The van der Waals surface area contributed by atoms with Gasteiger partial charge in [0.25, 0.3) is 9.05 Å². The predicted octanol–water partition coefficient (Wildman–Crippen LogP) is 3.61. The van der Waals surface area contributed by atoms with Crippen molar-refractivity contribution in [3.63, 3.8) is 0 Å². The van der Waals surface area contributed by atoms with Crippen LogP contribution in [0.2, 0.25) is 5.02 Å². The Balaban J connectivity index is 2.82. The number of halogens is 2. The summed E-state index contributed by atoms with van der Waals surface area (Å²) in [6, 6.07) is 3.82. The van der Waals surface area contributed by atoms with Crippen LogP contribution in [0.1, 0.15) is 36.5 Å². The number of rotatable bonds is 6. The van der Waals surface area contributed by atoms with Gasteiger partial charge in [0.15, 0.2) is 0 Å². The van der Waals surface area contributed by atoms with Crippen molar-refractivity contribution < 1.29 is 17.9 Å². The Kier molecular flexibility index (Phi) is 6.10. The molecule has 106 valence electrons. The van der Waals surface area contributed by atoms with Gasteiger partial charge in [-0.3, -0.25) is 0 Å². The van der Waals surface area contributed by atoms with Crippen molar-refractivity contribution in [2.24, 2.45) is 0 Å². The third-order valence-corrected chi connectivity index (χ3v) is 4.21. The van der Waals surface area contributed by atoms with E-state index in [1.165, 1.54) is 12.1 Å². The number of hydrogen-bond donors (Lipinski definition) is 0. The molecule has 0 radical (unpaired) electrons. The van der Waals surface area contributed by atoms with Crippen LogP contribution < -0.4 is 0 Å². The van der Waals surface area contributed by atoms with E-state index in [-0.39, 0.29) is 15.5 Å². The van der Waals surface area contributed by atoms with E-state index in [0.29, 0.717) is 6.61 Å². The monoisotopic (exact) mass is 324 g/mol. The van der Waals surface area contributed by atoms with Gasteiger partial charge in [0.1, 0.15) is 4.90 Å². The van der Waals surface area contributed by atoms with E-state index in [1.54, 1.807) is 0 Å². The maximum atomic E-state index is 11.7. The molecule has 0 amide bonds. The third kappa shape index (κ3) is 5.01. The quantitative estimate of drug-likeness (QED) is 0.455. The Morgan fingerprint density at radius 3 is 2.58 bits per heavy atom. The third-order valence-electron chi connectivity index (χ3n) is 2.41. The molecule has 4 nitrogen and oxygen atoms in total. The number of esters is 1. The van der Waals surface area contributed by atoms with Crippen molar-refractivity contribution in [2.45, 2.75) is 31.1 Å². The molecule has 1 aromatic carbocycles. The first-order valence-corrected chi connectivity index (χ1v) is 8.46. The van der Waals surface area contributed by atoms with Crippen molar-refractivity contribution in [1.29, 1.82) is 0 Å². The van der Waals surface area contributed by atoms with E-state index in [2.05, 4.69) is 0 Å². The first kappa shape index (κ1) is 16.3. The molecule has 0 atom stereocenters. The molecule has 0 saturated carbocycles. The van der Waals surface area contributed by atoms with Gasteiger partial charge in [0.05, 0.1) is 17.2 Å². The van der Waals surface area contributed by atoms with E-state index in [9.17, 15) is 13.2 Å². The normalized spacial score (nSPS) is 11.3. The van der Waals surface area contributed by atoms with Crippen LogP contribution in [0.4, 0.5) is 0 Å². The van der Waals surface area contributed by atoms with Crippen molar-refractivity contribution in [2.75, 3.05) is 6.61 Å². The van der Waals surface area contributed by atoms with Gasteiger partial charge in [-0.2, -0.15) is 0 Å². The number of unbranched alkanes of at least 4 members (excludes halogenated alkanes) is 2. The average Bonchev–Trinajstić information content (AvgIpc) is 2.33. The van der Waals surface area contributed by atoms with Crippen LogP contribution in [0.5, 0.6) is 0 Å². The van der Waals surface area contributed by atoms with E-state index in [4.69, 9.17) is 27.0 Å². The molecule has 0 N–H and O–H groups in total. The molecule has 0 unspecified atom stereocenters. The molecule has 0 aliphatic heterocycles. The lowest BCUT2D eigenvalue weighted by Gasteiger charge is -2.06. The second kappa shape index (κ2) is 7.12. The van der Waals surface area contributed by atoms with Crippen LogP contribution in [-0.2, 0) is 13.8 Å². The van der Waals surface area contributed by atoms with Gasteiger partial charge < -0.3 is 4.74 Å². The summed E-state index contributed by atoms with van der Waals surface area (Å²) in [6.45, 7) is 2.34. The molecule has 1 rings (SSSR count). The van der Waals surface area contributed by atoms with Gasteiger partial charge in [0.2, 0.25) is 0 Å². The van der Waals surface area contributed by atoms with Gasteiger partial charge in [-0.25, -0.2) is 13.2 Å². The van der Waals surface area contributed by atoms with Crippen molar-refractivity contribution in [1.82, 2.24) is 0 Å². The van der Waals surface area contributed by atoms with Crippen LogP contribution in [0.3, 0.4) is 0 Å². The molecule has 0 aromatic heterocycles. The molecule has 0 spiro atoms. The zero-order valence-corrected chi connectivity index (χ0v) is 12.7. The molecule has 19 heavy (non-hydrogen) atoms. The van der Waals surface area contributed by atoms with Crippen LogP contribution in [0.25, 0.3) is 0 Å². The fraction of sp³-hybridized carbons (Fsp3) is 0.417. The first-order chi connectivity index (χ1) is 8.86. The number of carbonyl (C=O) groups is 1. The predicted molar refractivity (Wildman–Crippen MR) is 74.3 cm³/mol. The second-order valence-electron chi connectivity index (χ2n) is 3.93. The molecule has 1 aromatic rings. The lowest BCUT2D eigenvalue weighted by Crippen LogP contribution is -2.07. The summed E-state index contributed by atoms with van der Waals surface area (Å²) >= 11 is 5.72. The minimum Gasteiger partial charge on any atom is -0.462 e. The summed E-state index contributed by atoms with van der Waals surface area (Å²) in [4.78, 5) is 11.4.